The van der Waals surface area contributed by atoms with Crippen LogP contribution in [0.15, 0.2) is 29.1 Å². The van der Waals surface area contributed by atoms with Gasteiger partial charge in [-0.3, -0.25) is 15.1 Å². The predicted molar refractivity (Wildman–Crippen MR) is 65.9 cm³/mol. The van der Waals surface area contributed by atoms with Crippen molar-refractivity contribution < 1.29 is 5.11 Å². The Labute approximate surface area is 107 Å². The molecule has 0 amide bonds. The third-order valence-corrected chi connectivity index (χ3v) is 2.35. The fourth-order valence-corrected chi connectivity index (χ4v) is 1.52. The van der Waals surface area contributed by atoms with Gasteiger partial charge >= 0.3 is 0 Å². The van der Waals surface area contributed by atoms with Crippen molar-refractivity contribution in [1.29, 1.82) is 10.5 Å². The second kappa shape index (κ2) is 4.90. The maximum Gasteiger partial charge on any atom is 0.270 e. The highest BCUT2D eigenvalue weighted by Crippen LogP contribution is 2.22. The molecule has 0 spiro atoms. The van der Waals surface area contributed by atoms with Crippen molar-refractivity contribution in [2.75, 3.05) is 5.32 Å². The molecule has 0 atom stereocenters. The molecule has 3 N–H and O–H groups in total. The molecule has 92 valence electrons. The van der Waals surface area contributed by atoms with Gasteiger partial charge in [0, 0.05) is 5.56 Å². The van der Waals surface area contributed by atoms with E-state index < -0.39 is 5.56 Å². The number of benzene rings is 1. The van der Waals surface area contributed by atoms with Crippen LogP contribution < -0.4 is 10.9 Å². The van der Waals surface area contributed by atoms with Crippen LogP contribution in [0.2, 0.25) is 0 Å². The molecule has 1 aromatic carbocycles. The number of hydrogen-bond acceptors (Lipinski definition) is 6. The molecule has 2 aromatic rings. The third kappa shape index (κ3) is 2.35. The fraction of sp³-hybridized carbons (Fsp3) is 0. The van der Waals surface area contributed by atoms with E-state index in [4.69, 9.17) is 10.5 Å². The van der Waals surface area contributed by atoms with E-state index in [-0.39, 0.29) is 23.0 Å². The zero-order valence-electron chi connectivity index (χ0n) is 9.51. The summed E-state index contributed by atoms with van der Waals surface area (Å²) in [6.45, 7) is 0. The maximum absolute atomic E-state index is 11.7. The smallest absolute Gasteiger partial charge is 0.270 e. The average Bonchev–Trinajstić information content (AvgIpc) is 2.39. The SMILES string of the molecule is N#CNc1nc(-c2ccc(O)cc2)c(C#N)c(=O)[nH]1. The number of aromatic nitrogens is 2. The molecule has 0 radical (unpaired) electrons. The third-order valence-electron chi connectivity index (χ3n) is 2.35. The number of nitrogens with zero attached hydrogens (tertiary/aromatic N) is 3. The Morgan fingerprint density at radius 2 is 1.95 bits per heavy atom. The quantitative estimate of drug-likeness (QED) is 0.539. The number of phenolic OH excluding ortho intramolecular Hbond substituents is 1. The van der Waals surface area contributed by atoms with Crippen molar-refractivity contribution in [2.24, 2.45) is 0 Å². The van der Waals surface area contributed by atoms with Crippen LogP contribution in [-0.4, -0.2) is 15.1 Å². The number of H-pyrrole nitrogens is 1. The molecule has 0 saturated heterocycles. The van der Waals surface area contributed by atoms with Crippen LogP contribution in [-0.2, 0) is 0 Å². The standard InChI is InChI=1S/C12H7N5O2/c13-5-9-10(7-1-3-8(18)4-2-7)16-12(15-6-14)17-11(9)19/h1-4,18H,(H2,15,16,17,19). The highest BCUT2D eigenvalue weighted by atomic mass is 16.3. The molecule has 19 heavy (non-hydrogen) atoms. The summed E-state index contributed by atoms with van der Waals surface area (Å²) in [5.74, 6) is 0.0112. The molecule has 0 saturated carbocycles. The van der Waals surface area contributed by atoms with Gasteiger partial charge in [-0.05, 0) is 24.3 Å². The van der Waals surface area contributed by atoms with Crippen molar-refractivity contribution in [2.45, 2.75) is 0 Å². The van der Waals surface area contributed by atoms with Crippen molar-refractivity contribution in [3.8, 4) is 29.3 Å². The minimum absolute atomic E-state index is 0.0467. The zero-order chi connectivity index (χ0) is 13.8. The lowest BCUT2D eigenvalue weighted by Crippen LogP contribution is -2.15. The lowest BCUT2D eigenvalue weighted by Gasteiger charge is -2.05. The molecule has 0 bridgehead atoms. The van der Waals surface area contributed by atoms with Crippen molar-refractivity contribution in [3.63, 3.8) is 0 Å². The monoisotopic (exact) mass is 253 g/mol. The van der Waals surface area contributed by atoms with Crippen molar-refractivity contribution in [3.05, 3.63) is 40.2 Å². The lowest BCUT2D eigenvalue weighted by atomic mass is 10.1. The molecule has 0 unspecified atom stereocenters. The molecule has 1 heterocycles. The molecular weight excluding hydrogens is 246 g/mol. The second-order valence-electron chi connectivity index (χ2n) is 3.53. The van der Waals surface area contributed by atoms with E-state index in [0.29, 0.717) is 5.56 Å². The number of nitriles is 2. The van der Waals surface area contributed by atoms with E-state index in [2.05, 4.69) is 15.3 Å². The molecule has 1 aromatic heterocycles. The largest absolute Gasteiger partial charge is 0.508 e. The van der Waals surface area contributed by atoms with Gasteiger partial charge in [-0.2, -0.15) is 10.5 Å². The number of anilines is 1. The molecule has 0 aliphatic heterocycles. The summed E-state index contributed by atoms with van der Waals surface area (Å²) in [4.78, 5) is 18.0. The van der Waals surface area contributed by atoms with Gasteiger partial charge in [0.2, 0.25) is 5.95 Å². The summed E-state index contributed by atoms with van der Waals surface area (Å²) in [6.07, 6.45) is 1.63. The highest BCUT2D eigenvalue weighted by Gasteiger charge is 2.13. The second-order valence-corrected chi connectivity index (χ2v) is 3.53. The molecule has 2 rings (SSSR count). The Morgan fingerprint density at radius 3 is 2.53 bits per heavy atom. The summed E-state index contributed by atoms with van der Waals surface area (Å²) in [5.41, 5.74) is -0.169. The first-order valence-electron chi connectivity index (χ1n) is 5.14. The Hall–Kier alpha value is -3.32. The number of phenols is 1. The van der Waals surface area contributed by atoms with Crippen LogP contribution >= 0.6 is 0 Å². The van der Waals surface area contributed by atoms with Crippen LogP contribution in [0.1, 0.15) is 5.56 Å². The Morgan fingerprint density at radius 1 is 1.26 bits per heavy atom. The minimum atomic E-state index is -0.640. The summed E-state index contributed by atoms with van der Waals surface area (Å²) < 4.78 is 0. The fourth-order valence-electron chi connectivity index (χ4n) is 1.52. The minimum Gasteiger partial charge on any atom is -0.508 e. The van der Waals surface area contributed by atoms with Crippen LogP contribution in [0.25, 0.3) is 11.3 Å². The Kier molecular flexibility index (Phi) is 3.13. The van der Waals surface area contributed by atoms with E-state index in [0.717, 1.165) is 0 Å². The van der Waals surface area contributed by atoms with Gasteiger partial charge in [-0.25, -0.2) is 4.98 Å². The maximum atomic E-state index is 11.7. The Balaban J connectivity index is 2.67. The van der Waals surface area contributed by atoms with Gasteiger partial charge in [-0.1, -0.05) is 0 Å². The van der Waals surface area contributed by atoms with Crippen LogP contribution in [0.5, 0.6) is 5.75 Å². The molecule has 0 fully saturated rings. The molecule has 7 nitrogen and oxygen atoms in total. The topological polar surface area (TPSA) is 126 Å². The summed E-state index contributed by atoms with van der Waals surface area (Å²) in [6, 6.07) is 7.64. The Bertz CT molecular complexity index is 750. The van der Waals surface area contributed by atoms with Crippen molar-refractivity contribution in [1.82, 2.24) is 9.97 Å². The van der Waals surface area contributed by atoms with E-state index >= 15 is 0 Å². The first-order chi connectivity index (χ1) is 9.15. The highest BCUT2D eigenvalue weighted by molar-refractivity contribution is 5.67. The number of hydrogen-bond donors (Lipinski definition) is 3. The van der Waals surface area contributed by atoms with Gasteiger partial charge in [0.05, 0.1) is 5.69 Å². The summed E-state index contributed by atoms with van der Waals surface area (Å²) in [7, 11) is 0. The van der Waals surface area contributed by atoms with Crippen LogP contribution in [0.3, 0.4) is 0 Å². The summed E-state index contributed by atoms with van der Waals surface area (Å²) in [5, 5.41) is 28.9. The first-order valence-corrected chi connectivity index (χ1v) is 5.14. The number of rotatable bonds is 2. The lowest BCUT2D eigenvalue weighted by molar-refractivity contribution is 0.475. The zero-order valence-corrected chi connectivity index (χ0v) is 9.51. The average molecular weight is 253 g/mol. The van der Waals surface area contributed by atoms with Gasteiger partial charge in [0.25, 0.3) is 5.56 Å². The van der Waals surface area contributed by atoms with E-state index in [1.807, 2.05) is 0 Å². The summed E-state index contributed by atoms with van der Waals surface area (Å²) >= 11 is 0. The first kappa shape index (κ1) is 12.1. The molecular formula is C12H7N5O2. The number of aromatic amines is 1. The van der Waals surface area contributed by atoms with Gasteiger partial charge in [0.1, 0.15) is 17.4 Å². The van der Waals surface area contributed by atoms with E-state index in [9.17, 15) is 9.90 Å². The molecule has 0 aliphatic carbocycles. The molecule has 7 heteroatoms. The number of nitrogens with one attached hydrogen (secondary N) is 2. The predicted octanol–water partition coefficient (Wildman–Crippen LogP) is 0.907. The van der Waals surface area contributed by atoms with E-state index in [1.54, 1.807) is 12.3 Å². The molecule has 0 aliphatic rings. The number of aromatic hydroxyl groups is 1. The van der Waals surface area contributed by atoms with Crippen molar-refractivity contribution >= 4 is 5.95 Å². The van der Waals surface area contributed by atoms with Crippen LogP contribution in [0.4, 0.5) is 5.95 Å². The van der Waals surface area contributed by atoms with Gasteiger partial charge < -0.3 is 5.11 Å². The van der Waals surface area contributed by atoms with Crippen LogP contribution in [0, 0.1) is 22.8 Å². The van der Waals surface area contributed by atoms with Gasteiger partial charge in [0.15, 0.2) is 6.19 Å². The normalized spacial score (nSPS) is 9.37. The van der Waals surface area contributed by atoms with E-state index in [1.165, 1.54) is 24.3 Å². The van der Waals surface area contributed by atoms with Gasteiger partial charge in [-0.15, -0.1) is 0 Å².